The Kier molecular flexibility index (Phi) is 3.32. The van der Waals surface area contributed by atoms with Crippen LogP contribution in [0.4, 0.5) is 0 Å². The van der Waals surface area contributed by atoms with Crippen molar-refractivity contribution in [2.45, 2.75) is 6.42 Å². The number of benzene rings is 1. The summed E-state index contributed by atoms with van der Waals surface area (Å²) in [6, 6.07) is 10.0. The molecule has 0 fully saturated rings. The van der Waals surface area contributed by atoms with Crippen molar-refractivity contribution in [2.75, 3.05) is 7.11 Å². The molecular formula is C12H14O. The van der Waals surface area contributed by atoms with Crippen LogP contribution in [0.1, 0.15) is 12.0 Å². The molecule has 0 heterocycles. The molecule has 1 aromatic carbocycles. The summed E-state index contributed by atoms with van der Waals surface area (Å²) in [6.07, 6.45) is 0.695. The summed E-state index contributed by atoms with van der Waals surface area (Å²) in [5.41, 5.74) is 2.17. The summed E-state index contributed by atoms with van der Waals surface area (Å²) in [5.74, 6) is 0.744. The molecule has 0 bridgehead atoms. The molecule has 0 amide bonds. The van der Waals surface area contributed by atoms with Gasteiger partial charge in [0.1, 0.15) is 0 Å². The van der Waals surface area contributed by atoms with Crippen LogP contribution in [0.3, 0.4) is 0 Å². The van der Waals surface area contributed by atoms with Crippen LogP contribution in [0, 0.1) is 0 Å². The summed E-state index contributed by atoms with van der Waals surface area (Å²) in [7, 11) is 1.63. The van der Waals surface area contributed by atoms with Crippen molar-refractivity contribution in [3.63, 3.8) is 0 Å². The Morgan fingerprint density at radius 1 is 1.23 bits per heavy atom. The Labute approximate surface area is 79.4 Å². The average Bonchev–Trinajstić information content (AvgIpc) is 2.19. The van der Waals surface area contributed by atoms with Crippen LogP contribution in [-0.2, 0) is 4.74 Å². The van der Waals surface area contributed by atoms with Crippen LogP contribution in [0.2, 0.25) is 0 Å². The molecule has 0 spiro atoms. The minimum atomic E-state index is 0.695. The number of hydrogen-bond acceptors (Lipinski definition) is 1. The highest BCUT2D eigenvalue weighted by Crippen LogP contribution is 2.19. The maximum absolute atomic E-state index is 4.99. The molecule has 1 nitrogen and oxygen atoms in total. The molecule has 0 aliphatic carbocycles. The lowest BCUT2D eigenvalue weighted by molar-refractivity contribution is 0.288. The predicted octanol–water partition coefficient (Wildman–Crippen LogP) is 3.25. The molecule has 0 saturated carbocycles. The first kappa shape index (κ1) is 9.59. The molecule has 68 valence electrons. The highest BCUT2D eigenvalue weighted by Gasteiger charge is 1.99. The number of methoxy groups -OCH3 is 1. The number of rotatable bonds is 4. The van der Waals surface area contributed by atoms with Crippen LogP contribution in [0.15, 0.2) is 49.2 Å². The molecule has 0 atom stereocenters. The quantitative estimate of drug-likeness (QED) is 0.637. The van der Waals surface area contributed by atoms with Crippen LogP contribution < -0.4 is 0 Å². The van der Waals surface area contributed by atoms with E-state index in [0.29, 0.717) is 6.42 Å². The van der Waals surface area contributed by atoms with Gasteiger partial charge in [0.25, 0.3) is 0 Å². The first-order valence-electron chi connectivity index (χ1n) is 4.19. The second kappa shape index (κ2) is 4.51. The zero-order valence-electron chi connectivity index (χ0n) is 7.92. The molecular weight excluding hydrogens is 160 g/mol. The fraction of sp³-hybridized carbons (Fsp3) is 0.167. The number of allylic oxidation sites excluding steroid dienone is 1. The minimum absolute atomic E-state index is 0.695. The molecule has 0 aromatic heterocycles. The standard InChI is InChI=1S/C12H14O/c1-10(9-11(2)13-3)12-7-5-4-6-8-12/h4-8H,1-2,9H2,3H3. The molecule has 0 aliphatic rings. The first-order valence-corrected chi connectivity index (χ1v) is 4.19. The van der Waals surface area contributed by atoms with Crippen molar-refractivity contribution in [1.82, 2.24) is 0 Å². The topological polar surface area (TPSA) is 9.23 Å². The largest absolute Gasteiger partial charge is 0.501 e. The van der Waals surface area contributed by atoms with Crippen molar-refractivity contribution < 1.29 is 4.74 Å². The Morgan fingerprint density at radius 3 is 2.38 bits per heavy atom. The zero-order valence-corrected chi connectivity index (χ0v) is 7.92. The molecule has 0 unspecified atom stereocenters. The second-order valence-corrected chi connectivity index (χ2v) is 2.89. The maximum Gasteiger partial charge on any atom is 0.0927 e. The fourth-order valence-corrected chi connectivity index (χ4v) is 1.09. The normalized spacial score (nSPS) is 9.31. The van der Waals surface area contributed by atoms with Gasteiger partial charge in [-0.05, 0) is 11.1 Å². The summed E-state index contributed by atoms with van der Waals surface area (Å²) >= 11 is 0. The molecule has 1 aromatic rings. The van der Waals surface area contributed by atoms with Gasteiger partial charge >= 0.3 is 0 Å². The van der Waals surface area contributed by atoms with Gasteiger partial charge in [-0.3, -0.25) is 0 Å². The van der Waals surface area contributed by atoms with E-state index in [1.165, 1.54) is 0 Å². The number of ether oxygens (including phenoxy) is 1. The lowest BCUT2D eigenvalue weighted by atomic mass is 10.0. The molecule has 1 rings (SSSR count). The molecule has 13 heavy (non-hydrogen) atoms. The van der Waals surface area contributed by atoms with Crippen molar-refractivity contribution in [3.05, 3.63) is 54.8 Å². The molecule has 0 N–H and O–H groups in total. The van der Waals surface area contributed by atoms with Gasteiger partial charge in [0.2, 0.25) is 0 Å². The van der Waals surface area contributed by atoms with Gasteiger partial charge in [0.05, 0.1) is 12.9 Å². The van der Waals surface area contributed by atoms with Gasteiger partial charge < -0.3 is 4.74 Å². The van der Waals surface area contributed by atoms with Crippen LogP contribution in [0.5, 0.6) is 0 Å². The van der Waals surface area contributed by atoms with Crippen LogP contribution >= 0.6 is 0 Å². The van der Waals surface area contributed by atoms with Crippen molar-refractivity contribution in [3.8, 4) is 0 Å². The van der Waals surface area contributed by atoms with E-state index in [9.17, 15) is 0 Å². The van der Waals surface area contributed by atoms with Gasteiger partial charge in [-0.25, -0.2) is 0 Å². The minimum Gasteiger partial charge on any atom is -0.501 e. The van der Waals surface area contributed by atoms with E-state index < -0.39 is 0 Å². The number of hydrogen-bond donors (Lipinski definition) is 0. The van der Waals surface area contributed by atoms with E-state index in [1.54, 1.807) is 7.11 Å². The van der Waals surface area contributed by atoms with Crippen LogP contribution in [-0.4, -0.2) is 7.11 Å². The van der Waals surface area contributed by atoms with Crippen LogP contribution in [0.25, 0.3) is 5.57 Å². The lowest BCUT2D eigenvalue weighted by Crippen LogP contribution is -1.87. The SMILES string of the molecule is C=C(CC(=C)c1ccccc1)OC. The van der Waals surface area contributed by atoms with Gasteiger partial charge in [-0.2, -0.15) is 0 Å². The monoisotopic (exact) mass is 174 g/mol. The Hall–Kier alpha value is -1.50. The highest BCUT2D eigenvalue weighted by atomic mass is 16.5. The Bertz CT molecular complexity index is 298. The van der Waals surface area contributed by atoms with E-state index in [1.807, 2.05) is 30.3 Å². The van der Waals surface area contributed by atoms with Gasteiger partial charge in [0.15, 0.2) is 0 Å². The average molecular weight is 174 g/mol. The molecule has 0 radical (unpaired) electrons. The van der Waals surface area contributed by atoms with Crippen molar-refractivity contribution in [1.29, 1.82) is 0 Å². The van der Waals surface area contributed by atoms with E-state index in [2.05, 4.69) is 13.2 Å². The van der Waals surface area contributed by atoms with E-state index in [-0.39, 0.29) is 0 Å². The molecule has 1 heteroatoms. The highest BCUT2D eigenvalue weighted by molar-refractivity contribution is 5.64. The summed E-state index contributed by atoms with van der Waals surface area (Å²) in [4.78, 5) is 0. The van der Waals surface area contributed by atoms with E-state index in [0.717, 1.165) is 16.9 Å². The molecule has 0 aliphatic heterocycles. The smallest absolute Gasteiger partial charge is 0.0927 e. The third-order valence-corrected chi connectivity index (χ3v) is 1.88. The summed E-state index contributed by atoms with van der Waals surface area (Å²) in [6.45, 7) is 7.73. The van der Waals surface area contributed by atoms with Gasteiger partial charge in [0, 0.05) is 6.42 Å². The zero-order chi connectivity index (χ0) is 9.68. The fourth-order valence-electron chi connectivity index (χ4n) is 1.09. The third kappa shape index (κ3) is 2.79. The second-order valence-electron chi connectivity index (χ2n) is 2.89. The summed E-state index contributed by atoms with van der Waals surface area (Å²) < 4.78 is 4.99. The molecule has 0 saturated heterocycles. The Morgan fingerprint density at radius 2 is 1.85 bits per heavy atom. The third-order valence-electron chi connectivity index (χ3n) is 1.88. The lowest BCUT2D eigenvalue weighted by Gasteiger charge is -2.07. The van der Waals surface area contributed by atoms with E-state index >= 15 is 0 Å². The van der Waals surface area contributed by atoms with Gasteiger partial charge in [-0.1, -0.05) is 43.5 Å². The predicted molar refractivity (Wildman–Crippen MR) is 56.2 cm³/mol. The first-order chi connectivity index (χ1) is 6.24. The van der Waals surface area contributed by atoms with Gasteiger partial charge in [-0.15, -0.1) is 0 Å². The van der Waals surface area contributed by atoms with Crippen molar-refractivity contribution >= 4 is 5.57 Å². The van der Waals surface area contributed by atoms with Crippen molar-refractivity contribution in [2.24, 2.45) is 0 Å². The maximum atomic E-state index is 4.99. The Balaban J connectivity index is 2.65. The van der Waals surface area contributed by atoms with E-state index in [4.69, 9.17) is 4.74 Å². The summed E-state index contributed by atoms with van der Waals surface area (Å²) in [5, 5.41) is 0.